The lowest BCUT2D eigenvalue weighted by Gasteiger charge is -2.19. The van der Waals surface area contributed by atoms with E-state index in [4.69, 9.17) is 5.73 Å². The Morgan fingerprint density at radius 2 is 1.79 bits per heavy atom. The maximum absolute atomic E-state index is 13.7. The van der Waals surface area contributed by atoms with Crippen LogP contribution in [0.5, 0.6) is 0 Å². The third-order valence-corrected chi connectivity index (χ3v) is 3.14. The molecule has 0 saturated carbocycles. The first-order valence-electron chi connectivity index (χ1n) is 6.06. The summed E-state index contributed by atoms with van der Waals surface area (Å²) in [6.45, 7) is 3.85. The van der Waals surface area contributed by atoms with E-state index in [9.17, 15) is 8.78 Å². The van der Waals surface area contributed by atoms with Gasteiger partial charge in [0.15, 0.2) is 11.6 Å². The molecule has 0 aromatic heterocycles. The van der Waals surface area contributed by atoms with Crippen LogP contribution in [-0.2, 0) is 0 Å². The first-order valence-corrected chi connectivity index (χ1v) is 6.06. The fraction of sp³-hybridized carbons (Fsp3) is 0.200. The third-order valence-electron chi connectivity index (χ3n) is 3.14. The number of nitrogens with two attached hydrogens (primary N) is 1. The van der Waals surface area contributed by atoms with Gasteiger partial charge in [-0.2, -0.15) is 0 Å². The molecule has 4 heteroatoms. The Labute approximate surface area is 111 Å². The largest absolute Gasteiger partial charge is 0.397 e. The quantitative estimate of drug-likeness (QED) is 0.820. The van der Waals surface area contributed by atoms with Crippen LogP contribution < -0.4 is 11.1 Å². The summed E-state index contributed by atoms with van der Waals surface area (Å²) in [6, 6.07) is 9.97. The summed E-state index contributed by atoms with van der Waals surface area (Å²) in [5, 5.41) is 2.94. The fourth-order valence-corrected chi connectivity index (χ4v) is 2.08. The van der Waals surface area contributed by atoms with Crippen molar-refractivity contribution in [2.75, 3.05) is 11.1 Å². The number of benzene rings is 2. The second kappa shape index (κ2) is 5.26. The lowest BCUT2D eigenvalue weighted by atomic mass is 10.0. The Kier molecular flexibility index (Phi) is 3.69. The average molecular weight is 262 g/mol. The number of aryl methyl sites for hydroxylation is 1. The van der Waals surface area contributed by atoms with Crippen molar-refractivity contribution in [3.8, 4) is 0 Å². The fourth-order valence-electron chi connectivity index (χ4n) is 2.08. The van der Waals surface area contributed by atoms with E-state index in [2.05, 4.69) is 5.32 Å². The zero-order chi connectivity index (χ0) is 14.0. The molecule has 2 rings (SSSR count). The molecular formula is C15H16F2N2. The SMILES string of the molecule is Cc1ccccc1C(C)Nc1c(N)ccc(F)c1F. The molecule has 2 aromatic rings. The van der Waals surface area contributed by atoms with Gasteiger partial charge in [0.25, 0.3) is 0 Å². The molecule has 100 valence electrons. The Morgan fingerprint density at radius 1 is 1.11 bits per heavy atom. The highest BCUT2D eigenvalue weighted by Crippen LogP contribution is 2.29. The van der Waals surface area contributed by atoms with Gasteiger partial charge in [0.2, 0.25) is 0 Å². The Balaban J connectivity index is 2.32. The summed E-state index contributed by atoms with van der Waals surface area (Å²) < 4.78 is 26.9. The summed E-state index contributed by atoms with van der Waals surface area (Å²) in [4.78, 5) is 0. The smallest absolute Gasteiger partial charge is 0.183 e. The van der Waals surface area contributed by atoms with E-state index in [1.54, 1.807) is 0 Å². The minimum Gasteiger partial charge on any atom is -0.397 e. The second-order valence-electron chi connectivity index (χ2n) is 4.55. The maximum Gasteiger partial charge on any atom is 0.183 e. The zero-order valence-corrected chi connectivity index (χ0v) is 10.9. The molecule has 3 N–H and O–H groups in total. The molecule has 0 spiro atoms. The molecule has 0 amide bonds. The molecule has 19 heavy (non-hydrogen) atoms. The molecule has 0 aliphatic rings. The number of nitrogen functional groups attached to an aromatic ring is 1. The Morgan fingerprint density at radius 3 is 2.47 bits per heavy atom. The highest BCUT2D eigenvalue weighted by Gasteiger charge is 2.15. The lowest BCUT2D eigenvalue weighted by Crippen LogP contribution is -2.11. The molecule has 0 aliphatic carbocycles. The van der Waals surface area contributed by atoms with Crippen LogP contribution in [0.1, 0.15) is 24.1 Å². The third kappa shape index (κ3) is 2.67. The van der Waals surface area contributed by atoms with Crippen molar-refractivity contribution in [2.45, 2.75) is 19.9 Å². The monoisotopic (exact) mass is 262 g/mol. The van der Waals surface area contributed by atoms with E-state index in [-0.39, 0.29) is 17.4 Å². The van der Waals surface area contributed by atoms with Crippen LogP contribution in [0, 0.1) is 18.6 Å². The summed E-state index contributed by atoms with van der Waals surface area (Å²) in [5.74, 6) is -1.85. The van der Waals surface area contributed by atoms with Crippen LogP contribution in [0.25, 0.3) is 0 Å². The minimum absolute atomic E-state index is 0.00996. The van der Waals surface area contributed by atoms with E-state index in [0.717, 1.165) is 17.2 Å². The standard InChI is InChI=1S/C15H16F2N2/c1-9-5-3-4-6-11(9)10(2)19-15-13(18)8-7-12(16)14(15)17/h3-8,10,19H,18H2,1-2H3. The molecule has 0 heterocycles. The minimum atomic E-state index is -0.944. The van der Waals surface area contributed by atoms with E-state index >= 15 is 0 Å². The van der Waals surface area contributed by atoms with Gasteiger partial charge in [-0.15, -0.1) is 0 Å². The van der Waals surface area contributed by atoms with Crippen LogP contribution in [-0.4, -0.2) is 0 Å². The summed E-state index contributed by atoms with van der Waals surface area (Å²) in [7, 11) is 0. The van der Waals surface area contributed by atoms with Gasteiger partial charge in [0, 0.05) is 6.04 Å². The first-order chi connectivity index (χ1) is 9.00. The van der Waals surface area contributed by atoms with Gasteiger partial charge in [-0.3, -0.25) is 0 Å². The predicted octanol–water partition coefficient (Wildman–Crippen LogP) is 4.03. The molecule has 0 bridgehead atoms. The Hall–Kier alpha value is -2.10. The summed E-state index contributed by atoms with van der Waals surface area (Å²) in [6.07, 6.45) is 0. The molecule has 1 atom stereocenters. The number of anilines is 2. The van der Waals surface area contributed by atoms with Crippen molar-refractivity contribution in [3.05, 3.63) is 59.2 Å². The van der Waals surface area contributed by atoms with Crippen molar-refractivity contribution in [3.63, 3.8) is 0 Å². The van der Waals surface area contributed by atoms with E-state index in [1.165, 1.54) is 6.07 Å². The molecule has 0 fully saturated rings. The van der Waals surface area contributed by atoms with Crippen molar-refractivity contribution in [1.29, 1.82) is 0 Å². The highest BCUT2D eigenvalue weighted by molar-refractivity contribution is 5.67. The molecule has 0 aliphatic heterocycles. The first kappa shape index (κ1) is 13.3. The molecular weight excluding hydrogens is 246 g/mol. The predicted molar refractivity (Wildman–Crippen MR) is 74.0 cm³/mol. The number of hydrogen-bond acceptors (Lipinski definition) is 2. The summed E-state index contributed by atoms with van der Waals surface area (Å²) >= 11 is 0. The average Bonchev–Trinajstić information content (AvgIpc) is 2.39. The van der Waals surface area contributed by atoms with Crippen LogP contribution in [0.15, 0.2) is 36.4 Å². The lowest BCUT2D eigenvalue weighted by molar-refractivity contribution is 0.510. The molecule has 1 unspecified atom stereocenters. The topological polar surface area (TPSA) is 38.0 Å². The van der Waals surface area contributed by atoms with Gasteiger partial charge >= 0.3 is 0 Å². The number of hydrogen-bond donors (Lipinski definition) is 2. The normalized spacial score (nSPS) is 12.2. The van der Waals surface area contributed by atoms with Gasteiger partial charge < -0.3 is 11.1 Å². The van der Waals surface area contributed by atoms with Crippen LogP contribution >= 0.6 is 0 Å². The van der Waals surface area contributed by atoms with E-state index in [0.29, 0.717) is 0 Å². The van der Waals surface area contributed by atoms with Crippen molar-refractivity contribution >= 4 is 11.4 Å². The molecule has 2 nitrogen and oxygen atoms in total. The van der Waals surface area contributed by atoms with Crippen molar-refractivity contribution in [1.82, 2.24) is 0 Å². The molecule has 2 aromatic carbocycles. The van der Waals surface area contributed by atoms with Crippen LogP contribution in [0.4, 0.5) is 20.2 Å². The molecule has 0 saturated heterocycles. The second-order valence-corrected chi connectivity index (χ2v) is 4.55. The van der Waals surface area contributed by atoms with Gasteiger partial charge in [-0.25, -0.2) is 8.78 Å². The highest BCUT2D eigenvalue weighted by atomic mass is 19.2. The van der Waals surface area contributed by atoms with E-state index in [1.807, 2.05) is 38.1 Å². The number of rotatable bonds is 3. The maximum atomic E-state index is 13.7. The van der Waals surface area contributed by atoms with Crippen LogP contribution in [0.3, 0.4) is 0 Å². The van der Waals surface area contributed by atoms with Crippen LogP contribution in [0.2, 0.25) is 0 Å². The zero-order valence-electron chi connectivity index (χ0n) is 10.9. The Bertz CT molecular complexity index is 597. The van der Waals surface area contributed by atoms with Gasteiger partial charge in [0.1, 0.15) is 0 Å². The summed E-state index contributed by atoms with van der Waals surface area (Å²) in [5.41, 5.74) is 7.99. The van der Waals surface area contributed by atoms with Crippen molar-refractivity contribution in [2.24, 2.45) is 0 Å². The van der Waals surface area contributed by atoms with Gasteiger partial charge in [0.05, 0.1) is 11.4 Å². The van der Waals surface area contributed by atoms with Crippen molar-refractivity contribution < 1.29 is 8.78 Å². The number of nitrogens with one attached hydrogen (secondary N) is 1. The van der Waals surface area contributed by atoms with E-state index < -0.39 is 11.6 Å². The van der Waals surface area contributed by atoms with Gasteiger partial charge in [-0.05, 0) is 37.1 Å². The number of halogens is 2. The van der Waals surface area contributed by atoms with Gasteiger partial charge in [-0.1, -0.05) is 24.3 Å². The molecule has 0 radical (unpaired) electrons.